The van der Waals surface area contributed by atoms with Crippen molar-refractivity contribution in [3.8, 4) is 5.75 Å². The third-order valence-corrected chi connectivity index (χ3v) is 3.27. The molecule has 94 valence electrons. The summed E-state index contributed by atoms with van der Waals surface area (Å²) in [4.78, 5) is 0. The summed E-state index contributed by atoms with van der Waals surface area (Å²) in [6.07, 6.45) is 0.889. The molecular weight excluding hydrogens is 290 g/mol. The molecule has 2 N–H and O–H groups in total. The Hall–Kier alpha value is -1.32. The van der Waals surface area contributed by atoms with E-state index in [1.807, 2.05) is 36.4 Å². The van der Waals surface area contributed by atoms with Gasteiger partial charge in [0.25, 0.3) is 0 Å². The van der Waals surface area contributed by atoms with Crippen molar-refractivity contribution in [3.05, 3.63) is 64.1 Å². The minimum atomic E-state index is 0.581. The van der Waals surface area contributed by atoms with Crippen molar-refractivity contribution >= 4 is 15.9 Å². The number of hydrogen-bond acceptors (Lipinski definition) is 2. The Balaban J connectivity index is 2.03. The van der Waals surface area contributed by atoms with E-state index in [1.165, 1.54) is 11.1 Å². The van der Waals surface area contributed by atoms with Crippen molar-refractivity contribution < 1.29 is 4.74 Å². The zero-order valence-corrected chi connectivity index (χ0v) is 11.7. The summed E-state index contributed by atoms with van der Waals surface area (Å²) in [5.41, 5.74) is 8.07. The van der Waals surface area contributed by atoms with Crippen LogP contribution < -0.4 is 10.5 Å². The molecule has 0 fully saturated rings. The second kappa shape index (κ2) is 6.57. The quantitative estimate of drug-likeness (QED) is 0.917. The van der Waals surface area contributed by atoms with Crippen molar-refractivity contribution in [3.63, 3.8) is 0 Å². The molecule has 18 heavy (non-hydrogen) atoms. The standard InChI is InChI=1S/C15H16BrNO/c16-14-5-7-15(8-6-14)18-11-13-4-2-1-3-12(13)9-10-17/h1-8H,9-11,17H2. The van der Waals surface area contributed by atoms with Crippen molar-refractivity contribution in [1.82, 2.24) is 0 Å². The summed E-state index contributed by atoms with van der Waals surface area (Å²) in [5, 5.41) is 0. The van der Waals surface area contributed by atoms with Crippen LogP contribution in [-0.4, -0.2) is 6.54 Å². The van der Waals surface area contributed by atoms with Gasteiger partial charge in [0.05, 0.1) is 0 Å². The van der Waals surface area contributed by atoms with Crippen LogP contribution in [0.4, 0.5) is 0 Å². The summed E-state index contributed by atoms with van der Waals surface area (Å²) >= 11 is 3.40. The Morgan fingerprint density at radius 2 is 1.61 bits per heavy atom. The molecule has 0 amide bonds. The van der Waals surface area contributed by atoms with Crippen molar-refractivity contribution in [2.45, 2.75) is 13.0 Å². The molecule has 0 radical (unpaired) electrons. The minimum Gasteiger partial charge on any atom is -0.489 e. The van der Waals surface area contributed by atoms with Crippen LogP contribution in [0.1, 0.15) is 11.1 Å². The Morgan fingerprint density at radius 3 is 2.28 bits per heavy atom. The molecule has 3 heteroatoms. The molecular formula is C15H16BrNO. The van der Waals surface area contributed by atoms with Gasteiger partial charge in [0.2, 0.25) is 0 Å². The largest absolute Gasteiger partial charge is 0.489 e. The van der Waals surface area contributed by atoms with Crippen molar-refractivity contribution in [2.75, 3.05) is 6.54 Å². The Bertz CT molecular complexity index is 496. The number of rotatable bonds is 5. The minimum absolute atomic E-state index is 0.581. The van der Waals surface area contributed by atoms with E-state index in [2.05, 4.69) is 28.1 Å². The normalized spacial score (nSPS) is 10.3. The van der Waals surface area contributed by atoms with Crippen molar-refractivity contribution in [1.29, 1.82) is 0 Å². The van der Waals surface area contributed by atoms with E-state index in [0.717, 1.165) is 16.6 Å². The summed E-state index contributed by atoms with van der Waals surface area (Å²) in [6.45, 7) is 1.24. The third-order valence-electron chi connectivity index (χ3n) is 2.74. The van der Waals surface area contributed by atoms with E-state index in [9.17, 15) is 0 Å². The van der Waals surface area contributed by atoms with Crippen LogP contribution in [0.2, 0.25) is 0 Å². The first kappa shape index (κ1) is 13.1. The fraction of sp³-hybridized carbons (Fsp3) is 0.200. The second-order valence-electron chi connectivity index (χ2n) is 4.05. The second-order valence-corrected chi connectivity index (χ2v) is 4.97. The summed E-state index contributed by atoms with van der Waals surface area (Å²) < 4.78 is 6.83. The van der Waals surface area contributed by atoms with Gasteiger partial charge in [0, 0.05) is 4.47 Å². The SMILES string of the molecule is NCCc1ccccc1COc1ccc(Br)cc1. The number of ether oxygens (including phenoxy) is 1. The molecule has 0 aromatic heterocycles. The molecule has 0 saturated heterocycles. The molecule has 2 aromatic rings. The van der Waals surface area contributed by atoms with Gasteiger partial charge in [-0.05, 0) is 48.4 Å². The fourth-order valence-electron chi connectivity index (χ4n) is 1.79. The van der Waals surface area contributed by atoms with E-state index in [1.54, 1.807) is 0 Å². The van der Waals surface area contributed by atoms with Crippen LogP contribution in [0, 0.1) is 0 Å². The van der Waals surface area contributed by atoms with Gasteiger partial charge in [-0.1, -0.05) is 40.2 Å². The third kappa shape index (κ3) is 3.59. The van der Waals surface area contributed by atoms with Gasteiger partial charge >= 0.3 is 0 Å². The van der Waals surface area contributed by atoms with Crippen LogP contribution in [0.25, 0.3) is 0 Å². The summed E-state index contributed by atoms with van der Waals surface area (Å²) in [5.74, 6) is 0.876. The van der Waals surface area contributed by atoms with Crippen molar-refractivity contribution in [2.24, 2.45) is 5.73 Å². The highest BCUT2D eigenvalue weighted by Crippen LogP contribution is 2.18. The van der Waals surface area contributed by atoms with Gasteiger partial charge in [-0.15, -0.1) is 0 Å². The lowest BCUT2D eigenvalue weighted by atomic mass is 10.1. The molecule has 0 aliphatic rings. The molecule has 2 aromatic carbocycles. The van der Waals surface area contributed by atoms with Gasteiger partial charge in [0.15, 0.2) is 0 Å². The number of halogens is 1. The smallest absolute Gasteiger partial charge is 0.119 e. The number of hydrogen-bond donors (Lipinski definition) is 1. The number of benzene rings is 2. The average Bonchev–Trinajstić information content (AvgIpc) is 2.40. The highest BCUT2D eigenvalue weighted by atomic mass is 79.9. The maximum atomic E-state index is 5.77. The predicted molar refractivity (Wildman–Crippen MR) is 77.7 cm³/mol. The average molecular weight is 306 g/mol. The summed E-state index contributed by atoms with van der Waals surface area (Å²) in [7, 11) is 0. The molecule has 0 unspecified atom stereocenters. The van der Waals surface area contributed by atoms with E-state index >= 15 is 0 Å². The lowest BCUT2D eigenvalue weighted by Gasteiger charge is -2.10. The van der Waals surface area contributed by atoms with Gasteiger partial charge in [-0.2, -0.15) is 0 Å². The van der Waals surface area contributed by atoms with Crippen LogP contribution in [0.5, 0.6) is 5.75 Å². The monoisotopic (exact) mass is 305 g/mol. The van der Waals surface area contributed by atoms with Crippen LogP contribution in [-0.2, 0) is 13.0 Å². The Labute approximate surface area is 116 Å². The van der Waals surface area contributed by atoms with Crippen LogP contribution >= 0.6 is 15.9 Å². The molecule has 2 nitrogen and oxygen atoms in total. The Kier molecular flexibility index (Phi) is 4.79. The van der Waals surface area contributed by atoms with E-state index in [4.69, 9.17) is 10.5 Å². The maximum Gasteiger partial charge on any atom is 0.119 e. The van der Waals surface area contributed by atoms with E-state index < -0.39 is 0 Å². The van der Waals surface area contributed by atoms with E-state index in [-0.39, 0.29) is 0 Å². The van der Waals surface area contributed by atoms with E-state index in [0.29, 0.717) is 13.2 Å². The fourth-order valence-corrected chi connectivity index (χ4v) is 2.05. The Morgan fingerprint density at radius 1 is 0.944 bits per heavy atom. The number of nitrogens with two attached hydrogens (primary N) is 1. The zero-order valence-electron chi connectivity index (χ0n) is 10.1. The molecule has 2 rings (SSSR count). The first-order chi connectivity index (χ1) is 8.79. The molecule has 0 bridgehead atoms. The van der Waals surface area contributed by atoms with Gasteiger partial charge in [-0.25, -0.2) is 0 Å². The van der Waals surface area contributed by atoms with Gasteiger partial charge in [0.1, 0.15) is 12.4 Å². The van der Waals surface area contributed by atoms with Gasteiger partial charge in [-0.3, -0.25) is 0 Å². The predicted octanol–water partition coefficient (Wildman–Crippen LogP) is 3.53. The maximum absolute atomic E-state index is 5.77. The molecule has 0 aliphatic carbocycles. The first-order valence-corrected chi connectivity index (χ1v) is 6.74. The molecule has 0 aliphatic heterocycles. The molecule has 0 spiro atoms. The molecule has 0 atom stereocenters. The topological polar surface area (TPSA) is 35.2 Å². The molecule has 0 saturated carbocycles. The highest BCUT2D eigenvalue weighted by Gasteiger charge is 2.02. The van der Waals surface area contributed by atoms with Gasteiger partial charge < -0.3 is 10.5 Å². The highest BCUT2D eigenvalue weighted by molar-refractivity contribution is 9.10. The van der Waals surface area contributed by atoms with Crippen LogP contribution in [0.15, 0.2) is 53.0 Å². The molecule has 0 heterocycles. The zero-order chi connectivity index (χ0) is 12.8. The lowest BCUT2D eigenvalue weighted by Crippen LogP contribution is -2.06. The lowest BCUT2D eigenvalue weighted by molar-refractivity contribution is 0.305. The van der Waals surface area contributed by atoms with Crippen LogP contribution in [0.3, 0.4) is 0 Å². The summed E-state index contributed by atoms with van der Waals surface area (Å²) in [6, 6.07) is 16.1. The first-order valence-electron chi connectivity index (χ1n) is 5.95.